The van der Waals surface area contributed by atoms with Crippen LogP contribution in [0, 0.1) is 19.8 Å². The molecule has 1 aromatic carbocycles. The lowest BCUT2D eigenvalue weighted by Gasteiger charge is -2.24. The molecule has 1 aliphatic carbocycles. The van der Waals surface area contributed by atoms with Gasteiger partial charge in [0.1, 0.15) is 0 Å². The monoisotopic (exact) mass is 246 g/mol. The van der Waals surface area contributed by atoms with Crippen LogP contribution in [0.15, 0.2) is 18.2 Å². The highest BCUT2D eigenvalue weighted by Crippen LogP contribution is 2.38. The second kappa shape index (κ2) is 5.55. The summed E-state index contributed by atoms with van der Waals surface area (Å²) in [5.74, 6) is -0.624. The third kappa shape index (κ3) is 2.74. The van der Waals surface area contributed by atoms with Gasteiger partial charge in [-0.25, -0.2) is 0 Å². The fraction of sp³-hybridized carbons (Fsp3) is 0.562. The minimum Gasteiger partial charge on any atom is -0.481 e. The van der Waals surface area contributed by atoms with Crippen LogP contribution in [0.25, 0.3) is 0 Å². The van der Waals surface area contributed by atoms with Gasteiger partial charge >= 0.3 is 5.97 Å². The number of hydrogen-bond acceptors (Lipinski definition) is 1. The summed E-state index contributed by atoms with van der Waals surface area (Å²) in [7, 11) is 0. The Hall–Kier alpha value is -1.31. The predicted octanol–water partition coefficient (Wildman–Crippen LogP) is 4.05. The van der Waals surface area contributed by atoms with Crippen molar-refractivity contribution < 1.29 is 9.90 Å². The Bertz CT molecular complexity index is 437. The molecular weight excluding hydrogens is 224 g/mol. The summed E-state index contributed by atoms with van der Waals surface area (Å²) < 4.78 is 0. The van der Waals surface area contributed by atoms with Crippen LogP contribution in [-0.4, -0.2) is 11.1 Å². The third-order valence-corrected chi connectivity index (χ3v) is 4.16. The lowest BCUT2D eigenvalue weighted by Crippen LogP contribution is -2.21. The second-order valence-electron chi connectivity index (χ2n) is 5.55. The minimum atomic E-state index is -0.623. The lowest BCUT2D eigenvalue weighted by molar-refractivity contribution is -0.142. The maximum Gasteiger partial charge on any atom is 0.307 e. The van der Waals surface area contributed by atoms with Crippen LogP contribution in [0.5, 0.6) is 0 Å². The van der Waals surface area contributed by atoms with Gasteiger partial charge in [-0.3, -0.25) is 4.79 Å². The molecule has 1 aromatic rings. The zero-order chi connectivity index (χ0) is 13.1. The molecular formula is C16H22O2. The molecule has 18 heavy (non-hydrogen) atoms. The minimum absolute atomic E-state index is 0.200. The number of carbonyl (C=O) groups is 1. The van der Waals surface area contributed by atoms with Crippen molar-refractivity contribution in [3.05, 3.63) is 34.9 Å². The summed E-state index contributed by atoms with van der Waals surface area (Å²) >= 11 is 0. The number of carboxylic acids is 1. The van der Waals surface area contributed by atoms with Crippen molar-refractivity contribution in [3.8, 4) is 0 Å². The van der Waals surface area contributed by atoms with E-state index in [1.165, 1.54) is 23.1 Å². The molecule has 0 saturated heterocycles. The number of benzene rings is 1. The lowest BCUT2D eigenvalue weighted by atomic mass is 9.80. The molecule has 2 unspecified atom stereocenters. The van der Waals surface area contributed by atoms with Crippen LogP contribution in [-0.2, 0) is 4.79 Å². The Labute approximate surface area is 109 Å². The van der Waals surface area contributed by atoms with Gasteiger partial charge < -0.3 is 5.11 Å². The first-order valence-corrected chi connectivity index (χ1v) is 6.89. The van der Waals surface area contributed by atoms with Gasteiger partial charge in [-0.15, -0.1) is 0 Å². The zero-order valence-electron chi connectivity index (χ0n) is 11.3. The Morgan fingerprint density at radius 1 is 1.17 bits per heavy atom. The smallest absolute Gasteiger partial charge is 0.307 e. The molecule has 98 valence electrons. The summed E-state index contributed by atoms with van der Waals surface area (Å²) in [6.07, 6.45) is 5.22. The van der Waals surface area contributed by atoms with E-state index in [1.54, 1.807) is 0 Å². The van der Waals surface area contributed by atoms with E-state index in [9.17, 15) is 9.90 Å². The van der Waals surface area contributed by atoms with Crippen LogP contribution < -0.4 is 0 Å². The molecule has 1 N–H and O–H groups in total. The van der Waals surface area contributed by atoms with E-state index in [0.29, 0.717) is 0 Å². The van der Waals surface area contributed by atoms with E-state index < -0.39 is 5.97 Å². The summed E-state index contributed by atoms with van der Waals surface area (Å²) in [6.45, 7) is 4.19. The van der Waals surface area contributed by atoms with Gasteiger partial charge in [-0.1, -0.05) is 43.0 Å². The van der Waals surface area contributed by atoms with Gasteiger partial charge in [0, 0.05) is 0 Å². The quantitative estimate of drug-likeness (QED) is 0.799. The highest BCUT2D eigenvalue weighted by molar-refractivity contribution is 5.71. The largest absolute Gasteiger partial charge is 0.481 e. The standard InChI is InChI=1S/C16H22O2/c1-11-8-9-13(12(2)10-11)14-6-4-3-5-7-15(14)16(17)18/h8-10,14-15H,3-7H2,1-2H3,(H,17,18). The van der Waals surface area contributed by atoms with Crippen molar-refractivity contribution in [3.63, 3.8) is 0 Å². The first-order valence-electron chi connectivity index (χ1n) is 6.89. The number of aryl methyl sites for hydroxylation is 2. The molecule has 0 heterocycles. The molecule has 2 rings (SSSR count). The van der Waals surface area contributed by atoms with Crippen molar-refractivity contribution in [2.24, 2.45) is 5.92 Å². The topological polar surface area (TPSA) is 37.3 Å². The molecule has 0 aliphatic heterocycles. The molecule has 0 spiro atoms. The van der Waals surface area contributed by atoms with E-state index >= 15 is 0 Å². The van der Waals surface area contributed by atoms with E-state index in [2.05, 4.69) is 32.0 Å². The number of hydrogen-bond donors (Lipinski definition) is 1. The number of rotatable bonds is 2. The molecule has 1 fully saturated rings. The van der Waals surface area contributed by atoms with Gasteiger partial charge in [-0.05, 0) is 43.7 Å². The molecule has 2 atom stereocenters. The summed E-state index contributed by atoms with van der Waals surface area (Å²) in [4.78, 5) is 11.5. The highest BCUT2D eigenvalue weighted by atomic mass is 16.4. The van der Waals surface area contributed by atoms with E-state index in [0.717, 1.165) is 25.7 Å². The Morgan fingerprint density at radius 2 is 1.89 bits per heavy atom. The van der Waals surface area contributed by atoms with Gasteiger partial charge in [0.2, 0.25) is 0 Å². The van der Waals surface area contributed by atoms with Crippen molar-refractivity contribution in [2.75, 3.05) is 0 Å². The van der Waals surface area contributed by atoms with Crippen LogP contribution in [0.4, 0.5) is 0 Å². The maximum atomic E-state index is 11.5. The Kier molecular flexibility index (Phi) is 4.05. The first-order chi connectivity index (χ1) is 8.59. The van der Waals surface area contributed by atoms with Crippen LogP contribution in [0.1, 0.15) is 54.7 Å². The fourth-order valence-electron chi connectivity index (χ4n) is 3.22. The SMILES string of the molecule is Cc1ccc(C2CCCCCC2C(=O)O)c(C)c1. The maximum absolute atomic E-state index is 11.5. The van der Waals surface area contributed by atoms with Crippen LogP contribution >= 0.6 is 0 Å². The zero-order valence-corrected chi connectivity index (χ0v) is 11.3. The average molecular weight is 246 g/mol. The van der Waals surface area contributed by atoms with Gasteiger partial charge in [0.15, 0.2) is 0 Å². The molecule has 2 nitrogen and oxygen atoms in total. The van der Waals surface area contributed by atoms with Crippen LogP contribution in [0.2, 0.25) is 0 Å². The Balaban J connectivity index is 2.34. The van der Waals surface area contributed by atoms with Crippen molar-refractivity contribution in [2.45, 2.75) is 51.9 Å². The van der Waals surface area contributed by atoms with E-state index in [1.807, 2.05) is 0 Å². The van der Waals surface area contributed by atoms with E-state index in [4.69, 9.17) is 0 Å². The summed E-state index contributed by atoms with van der Waals surface area (Å²) in [5, 5.41) is 9.44. The van der Waals surface area contributed by atoms with E-state index in [-0.39, 0.29) is 11.8 Å². The van der Waals surface area contributed by atoms with Crippen LogP contribution in [0.3, 0.4) is 0 Å². The Morgan fingerprint density at radius 3 is 2.56 bits per heavy atom. The van der Waals surface area contributed by atoms with Gasteiger partial charge in [0.05, 0.1) is 5.92 Å². The molecule has 2 heteroatoms. The molecule has 1 aliphatic rings. The molecule has 0 radical (unpaired) electrons. The molecule has 0 amide bonds. The van der Waals surface area contributed by atoms with Gasteiger partial charge in [-0.2, -0.15) is 0 Å². The summed E-state index contributed by atoms with van der Waals surface area (Å²) in [5.41, 5.74) is 3.74. The normalized spacial score (nSPS) is 24.6. The molecule has 0 bridgehead atoms. The molecule has 1 saturated carbocycles. The van der Waals surface area contributed by atoms with Gasteiger partial charge in [0.25, 0.3) is 0 Å². The predicted molar refractivity (Wildman–Crippen MR) is 72.9 cm³/mol. The average Bonchev–Trinajstić information content (AvgIpc) is 2.54. The number of aliphatic carboxylic acids is 1. The first kappa shape index (κ1) is 13.1. The third-order valence-electron chi connectivity index (χ3n) is 4.16. The highest BCUT2D eigenvalue weighted by Gasteiger charge is 2.31. The van der Waals surface area contributed by atoms with Crippen molar-refractivity contribution in [1.82, 2.24) is 0 Å². The number of carboxylic acid groups (broad SMARTS) is 1. The summed E-state index contributed by atoms with van der Waals surface area (Å²) in [6, 6.07) is 6.40. The second-order valence-corrected chi connectivity index (χ2v) is 5.55. The molecule has 0 aromatic heterocycles. The van der Waals surface area contributed by atoms with Crippen molar-refractivity contribution >= 4 is 5.97 Å². The fourth-order valence-corrected chi connectivity index (χ4v) is 3.22. The van der Waals surface area contributed by atoms with Crippen molar-refractivity contribution in [1.29, 1.82) is 0 Å².